The largest absolute Gasteiger partial charge is 0.338 e. The third kappa shape index (κ3) is 3.85. The number of nitrogens with zero attached hydrogens (tertiary/aromatic N) is 3. The molecule has 0 spiro atoms. The van der Waals surface area contributed by atoms with E-state index in [0.717, 1.165) is 5.69 Å². The Morgan fingerprint density at radius 1 is 1.12 bits per heavy atom. The molecule has 0 unspecified atom stereocenters. The number of hydrogen-bond donors (Lipinski definition) is 0. The highest BCUT2D eigenvalue weighted by Gasteiger charge is 2.16. The third-order valence-electron chi connectivity index (χ3n) is 3.77. The predicted octanol–water partition coefficient (Wildman–Crippen LogP) is 5.03. The van der Waals surface area contributed by atoms with E-state index in [4.69, 9.17) is 4.52 Å². The molecule has 0 saturated heterocycles. The molecule has 3 aromatic rings. The first-order chi connectivity index (χ1) is 11.4. The summed E-state index contributed by atoms with van der Waals surface area (Å²) in [6, 6.07) is 12.3. The topological polar surface area (TPSA) is 51.8 Å². The van der Waals surface area contributed by atoms with Gasteiger partial charge >= 0.3 is 0 Å². The van der Waals surface area contributed by atoms with E-state index >= 15 is 0 Å². The number of pyridine rings is 1. The number of aromatic nitrogens is 3. The van der Waals surface area contributed by atoms with Gasteiger partial charge in [-0.3, -0.25) is 4.98 Å². The van der Waals surface area contributed by atoms with Gasteiger partial charge in [-0.05, 0) is 41.7 Å². The summed E-state index contributed by atoms with van der Waals surface area (Å²) in [4.78, 5) is 9.93. The maximum absolute atomic E-state index is 5.36. The molecule has 4 nitrogen and oxygen atoms in total. The molecule has 24 heavy (non-hydrogen) atoms. The van der Waals surface area contributed by atoms with Crippen LogP contribution in [0.1, 0.15) is 37.8 Å². The average Bonchev–Trinajstić information content (AvgIpc) is 3.03. The van der Waals surface area contributed by atoms with E-state index in [1.807, 2.05) is 18.2 Å². The van der Waals surface area contributed by atoms with Crippen molar-refractivity contribution in [3.63, 3.8) is 0 Å². The highest BCUT2D eigenvalue weighted by molar-refractivity contribution is 7.98. The minimum atomic E-state index is 0.139. The van der Waals surface area contributed by atoms with Crippen molar-refractivity contribution in [1.29, 1.82) is 0 Å². The van der Waals surface area contributed by atoms with Crippen LogP contribution in [-0.4, -0.2) is 15.1 Å². The van der Waals surface area contributed by atoms with Gasteiger partial charge in [-0.2, -0.15) is 4.98 Å². The van der Waals surface area contributed by atoms with Crippen molar-refractivity contribution in [2.24, 2.45) is 0 Å². The lowest BCUT2D eigenvalue weighted by Crippen LogP contribution is -2.11. The molecule has 3 rings (SSSR count). The summed E-state index contributed by atoms with van der Waals surface area (Å²) in [6.07, 6.45) is 1.72. The van der Waals surface area contributed by atoms with Crippen molar-refractivity contribution in [3.8, 4) is 11.5 Å². The Balaban J connectivity index is 1.74. The summed E-state index contributed by atoms with van der Waals surface area (Å²) in [5.41, 5.74) is 3.45. The minimum Gasteiger partial charge on any atom is -0.338 e. The van der Waals surface area contributed by atoms with Gasteiger partial charge in [0.1, 0.15) is 5.69 Å². The van der Waals surface area contributed by atoms with E-state index < -0.39 is 0 Å². The summed E-state index contributed by atoms with van der Waals surface area (Å²) in [5.74, 6) is 1.79. The maximum Gasteiger partial charge on any atom is 0.237 e. The lowest BCUT2D eigenvalue weighted by molar-refractivity contribution is 0.391. The molecular weight excluding hydrogens is 318 g/mol. The van der Waals surface area contributed by atoms with Gasteiger partial charge in [0.05, 0.1) is 5.75 Å². The monoisotopic (exact) mass is 339 g/mol. The molecule has 2 heterocycles. The van der Waals surface area contributed by atoms with Gasteiger partial charge in [0.15, 0.2) is 0 Å². The fourth-order valence-corrected chi connectivity index (χ4v) is 3.18. The third-order valence-corrected chi connectivity index (χ3v) is 4.91. The van der Waals surface area contributed by atoms with Crippen molar-refractivity contribution in [2.45, 2.75) is 43.8 Å². The zero-order valence-corrected chi connectivity index (χ0v) is 15.2. The first-order valence-electron chi connectivity index (χ1n) is 7.91. The van der Waals surface area contributed by atoms with Crippen LogP contribution in [0.15, 0.2) is 52.0 Å². The second-order valence-electron chi connectivity index (χ2n) is 6.75. The van der Waals surface area contributed by atoms with Crippen molar-refractivity contribution < 1.29 is 4.52 Å². The lowest BCUT2D eigenvalue weighted by Gasteiger charge is -2.20. The maximum atomic E-state index is 5.36. The molecule has 5 heteroatoms. The van der Waals surface area contributed by atoms with Gasteiger partial charge in [0.25, 0.3) is 0 Å². The van der Waals surface area contributed by atoms with Crippen LogP contribution in [0.2, 0.25) is 0 Å². The summed E-state index contributed by atoms with van der Waals surface area (Å²) < 4.78 is 5.36. The molecule has 2 aromatic heterocycles. The Labute approximate surface area is 146 Å². The van der Waals surface area contributed by atoms with Gasteiger partial charge in [0.2, 0.25) is 11.7 Å². The number of hydrogen-bond acceptors (Lipinski definition) is 5. The molecule has 0 atom stereocenters. The zero-order chi connectivity index (χ0) is 17.2. The predicted molar refractivity (Wildman–Crippen MR) is 97.0 cm³/mol. The van der Waals surface area contributed by atoms with E-state index in [1.165, 1.54) is 16.0 Å². The van der Waals surface area contributed by atoms with Crippen molar-refractivity contribution >= 4 is 11.8 Å². The van der Waals surface area contributed by atoms with Gasteiger partial charge < -0.3 is 4.52 Å². The normalized spacial score (nSPS) is 11.7. The van der Waals surface area contributed by atoms with Crippen molar-refractivity contribution in [3.05, 3.63) is 59.6 Å². The molecule has 0 fully saturated rings. The van der Waals surface area contributed by atoms with Crippen LogP contribution in [0.5, 0.6) is 0 Å². The van der Waals surface area contributed by atoms with E-state index in [2.05, 4.69) is 61.0 Å². The number of thioether (sulfide) groups is 1. The summed E-state index contributed by atoms with van der Waals surface area (Å²) >= 11 is 1.72. The molecule has 0 aliphatic heterocycles. The molecule has 124 valence electrons. The summed E-state index contributed by atoms with van der Waals surface area (Å²) in [5, 5.41) is 4.02. The molecule has 0 amide bonds. The summed E-state index contributed by atoms with van der Waals surface area (Å²) in [6.45, 7) is 8.80. The van der Waals surface area contributed by atoms with Crippen molar-refractivity contribution in [2.75, 3.05) is 0 Å². The smallest absolute Gasteiger partial charge is 0.237 e. The van der Waals surface area contributed by atoms with Gasteiger partial charge in [-0.25, -0.2) is 0 Å². The zero-order valence-electron chi connectivity index (χ0n) is 14.4. The molecule has 0 saturated carbocycles. The molecule has 0 radical (unpaired) electrons. The second kappa shape index (κ2) is 6.77. The van der Waals surface area contributed by atoms with E-state index in [-0.39, 0.29) is 5.41 Å². The first-order valence-corrected chi connectivity index (χ1v) is 8.90. The van der Waals surface area contributed by atoms with Crippen LogP contribution in [0.25, 0.3) is 11.5 Å². The van der Waals surface area contributed by atoms with Crippen LogP contribution in [-0.2, 0) is 11.2 Å². The number of rotatable bonds is 4. The fraction of sp³-hybridized carbons (Fsp3) is 0.316. The van der Waals surface area contributed by atoms with Crippen LogP contribution in [0.4, 0.5) is 0 Å². The molecule has 0 aliphatic carbocycles. The van der Waals surface area contributed by atoms with E-state index in [0.29, 0.717) is 17.5 Å². The Hall–Kier alpha value is -2.14. The molecule has 0 N–H and O–H groups in total. The minimum absolute atomic E-state index is 0.139. The summed E-state index contributed by atoms with van der Waals surface area (Å²) in [7, 11) is 0. The SMILES string of the molecule is Cc1ccc(C(C)(C)C)cc1SCc1nc(-c2ccccn2)no1. The second-order valence-corrected chi connectivity index (χ2v) is 7.76. The van der Waals surface area contributed by atoms with E-state index in [1.54, 1.807) is 18.0 Å². The first kappa shape index (κ1) is 16.7. The highest BCUT2D eigenvalue weighted by Crippen LogP contribution is 2.31. The molecule has 0 aliphatic rings. The quantitative estimate of drug-likeness (QED) is 0.624. The number of aryl methyl sites for hydroxylation is 1. The van der Waals surface area contributed by atoms with Gasteiger partial charge in [-0.1, -0.05) is 44.1 Å². The van der Waals surface area contributed by atoms with Crippen LogP contribution < -0.4 is 0 Å². The van der Waals surface area contributed by atoms with Crippen LogP contribution in [0, 0.1) is 6.92 Å². The standard InChI is InChI=1S/C19H21N3OS/c1-13-8-9-14(19(2,3)4)11-16(13)24-12-17-21-18(22-23-17)15-7-5-6-10-20-15/h5-11H,12H2,1-4H3. The van der Waals surface area contributed by atoms with Gasteiger partial charge in [0, 0.05) is 11.1 Å². The van der Waals surface area contributed by atoms with E-state index in [9.17, 15) is 0 Å². The number of benzene rings is 1. The average molecular weight is 339 g/mol. The Kier molecular flexibility index (Phi) is 4.71. The van der Waals surface area contributed by atoms with Crippen LogP contribution in [0.3, 0.4) is 0 Å². The van der Waals surface area contributed by atoms with Crippen molar-refractivity contribution in [1.82, 2.24) is 15.1 Å². The highest BCUT2D eigenvalue weighted by atomic mass is 32.2. The molecule has 0 bridgehead atoms. The Bertz CT molecular complexity index is 822. The molecule has 1 aromatic carbocycles. The lowest BCUT2D eigenvalue weighted by atomic mass is 9.87. The Morgan fingerprint density at radius 3 is 2.67 bits per heavy atom. The van der Waals surface area contributed by atoms with Gasteiger partial charge in [-0.15, -0.1) is 11.8 Å². The Morgan fingerprint density at radius 2 is 1.96 bits per heavy atom. The van der Waals surface area contributed by atoms with Crippen LogP contribution >= 0.6 is 11.8 Å². The fourth-order valence-electron chi connectivity index (χ4n) is 2.27. The molecular formula is C19H21N3OS.